The molecule has 32 heavy (non-hydrogen) atoms. The summed E-state index contributed by atoms with van der Waals surface area (Å²) in [5.41, 5.74) is 0.926. The summed E-state index contributed by atoms with van der Waals surface area (Å²) >= 11 is 0. The van der Waals surface area contributed by atoms with Gasteiger partial charge in [-0.1, -0.05) is 27.0 Å². The first kappa shape index (κ1) is 22.2. The van der Waals surface area contributed by atoms with Gasteiger partial charge < -0.3 is 9.47 Å². The van der Waals surface area contributed by atoms with Gasteiger partial charge in [0.05, 0.1) is 6.61 Å². The van der Waals surface area contributed by atoms with Gasteiger partial charge in [-0.15, -0.1) is 0 Å². The molecule has 0 aromatic rings. The van der Waals surface area contributed by atoms with Crippen LogP contribution in [0.5, 0.6) is 0 Å². The van der Waals surface area contributed by atoms with Crippen LogP contribution >= 0.6 is 0 Å². The van der Waals surface area contributed by atoms with Gasteiger partial charge in [0.2, 0.25) is 0 Å². The lowest BCUT2D eigenvalue weighted by atomic mass is 9.42. The van der Waals surface area contributed by atoms with Gasteiger partial charge in [-0.2, -0.15) is 0 Å². The van der Waals surface area contributed by atoms with Crippen molar-refractivity contribution < 1.29 is 19.1 Å². The average molecular weight is 441 g/mol. The molecule has 176 valence electrons. The highest BCUT2D eigenvalue weighted by Crippen LogP contribution is 2.70. The Balaban J connectivity index is 1.35. The number of rotatable bonds is 7. The molecule has 0 spiro atoms. The van der Waals surface area contributed by atoms with E-state index < -0.39 is 5.97 Å². The fourth-order valence-electron chi connectivity index (χ4n) is 9.08. The van der Waals surface area contributed by atoms with Crippen molar-refractivity contribution in [1.29, 1.82) is 0 Å². The Bertz CT molecular complexity index is 822. The second-order valence-corrected chi connectivity index (χ2v) is 12.5. The molecule has 6 bridgehead atoms. The predicted octanol–water partition coefficient (Wildman–Crippen LogP) is 5.86. The van der Waals surface area contributed by atoms with E-state index >= 15 is 0 Å². The van der Waals surface area contributed by atoms with Crippen LogP contribution in [0.1, 0.15) is 78.6 Å². The fourth-order valence-corrected chi connectivity index (χ4v) is 9.08. The fraction of sp³-hybridized carbons (Fsp3) is 0.786. The maximum absolute atomic E-state index is 13.4. The lowest BCUT2D eigenvalue weighted by Crippen LogP contribution is -2.66. The molecule has 0 saturated heterocycles. The zero-order valence-corrected chi connectivity index (χ0v) is 20.2. The number of esters is 2. The Hall–Kier alpha value is -1.58. The first-order valence-electron chi connectivity index (χ1n) is 12.8. The predicted molar refractivity (Wildman–Crippen MR) is 124 cm³/mol. The SMILES string of the molecule is C=C(C)C(=O)OCCC(=C)C(=O)OC1(C2CC3CC2CC3C)C2CC3CC1CC(C)(C3)C2. The quantitative estimate of drug-likeness (QED) is 0.367. The van der Waals surface area contributed by atoms with Gasteiger partial charge in [0.1, 0.15) is 5.60 Å². The minimum atomic E-state index is -0.423. The summed E-state index contributed by atoms with van der Waals surface area (Å²) in [6.45, 7) is 14.3. The molecular weight excluding hydrogens is 400 g/mol. The summed E-state index contributed by atoms with van der Waals surface area (Å²) in [6, 6.07) is 0. The summed E-state index contributed by atoms with van der Waals surface area (Å²) < 4.78 is 11.9. The van der Waals surface area contributed by atoms with E-state index in [4.69, 9.17) is 9.47 Å². The second kappa shape index (κ2) is 7.74. The molecule has 6 aliphatic carbocycles. The van der Waals surface area contributed by atoms with Gasteiger partial charge in [-0.25, -0.2) is 9.59 Å². The Morgan fingerprint density at radius 3 is 2.16 bits per heavy atom. The Morgan fingerprint density at radius 2 is 1.62 bits per heavy atom. The molecule has 0 N–H and O–H groups in total. The molecule has 0 aromatic carbocycles. The molecule has 0 radical (unpaired) electrons. The molecule has 6 rings (SSSR count). The van der Waals surface area contributed by atoms with Crippen molar-refractivity contribution in [3.05, 3.63) is 24.3 Å². The van der Waals surface area contributed by atoms with Crippen LogP contribution in [0, 0.1) is 46.8 Å². The van der Waals surface area contributed by atoms with E-state index in [-0.39, 0.29) is 18.2 Å². The van der Waals surface area contributed by atoms with Crippen LogP contribution in [0.15, 0.2) is 24.3 Å². The van der Waals surface area contributed by atoms with Gasteiger partial charge in [-0.05, 0) is 87.4 Å². The first-order chi connectivity index (χ1) is 15.1. The number of hydrogen-bond acceptors (Lipinski definition) is 4. The summed E-state index contributed by atoms with van der Waals surface area (Å²) in [5.74, 6) is 3.96. The summed E-state index contributed by atoms with van der Waals surface area (Å²) in [5, 5.41) is 0. The number of fused-ring (bicyclic) bond motifs is 2. The van der Waals surface area contributed by atoms with Crippen LogP contribution < -0.4 is 0 Å². The van der Waals surface area contributed by atoms with Crippen LogP contribution in [0.25, 0.3) is 0 Å². The highest BCUT2D eigenvalue weighted by Gasteiger charge is 2.68. The largest absolute Gasteiger partial charge is 0.462 e. The molecular formula is C28H40O4. The molecule has 6 saturated carbocycles. The summed E-state index contributed by atoms with van der Waals surface area (Å²) in [6.07, 6.45) is 10.4. The molecule has 6 atom stereocenters. The molecule has 6 unspecified atom stereocenters. The van der Waals surface area contributed by atoms with Gasteiger partial charge in [0.15, 0.2) is 0 Å². The molecule has 6 fully saturated rings. The van der Waals surface area contributed by atoms with E-state index in [0.29, 0.717) is 46.7 Å². The number of hydrogen-bond donors (Lipinski definition) is 0. The lowest BCUT2D eigenvalue weighted by Gasteiger charge is -2.66. The third-order valence-corrected chi connectivity index (χ3v) is 10.1. The third-order valence-electron chi connectivity index (χ3n) is 10.1. The standard InChI is InChI=1S/C28H40O4/c1-16(2)25(29)31-7-6-17(3)26(30)32-28(24-12-20-11-21(24)8-18(20)4)22-9-19-10-23(28)15-27(5,13-19)14-22/h18-24H,1,3,6-15H2,2,4-5H3. The third kappa shape index (κ3) is 3.47. The van der Waals surface area contributed by atoms with Crippen LogP contribution in [0.4, 0.5) is 0 Å². The summed E-state index contributed by atoms with van der Waals surface area (Å²) in [7, 11) is 0. The minimum Gasteiger partial charge on any atom is -0.462 e. The van der Waals surface area contributed by atoms with Gasteiger partial charge in [0, 0.05) is 35.3 Å². The summed E-state index contributed by atoms with van der Waals surface area (Å²) in [4.78, 5) is 25.0. The van der Waals surface area contributed by atoms with Crippen molar-refractivity contribution >= 4 is 11.9 Å². The van der Waals surface area contributed by atoms with E-state index in [1.807, 2.05) is 0 Å². The molecule has 4 nitrogen and oxygen atoms in total. The minimum absolute atomic E-state index is 0.144. The number of carbonyl (C=O) groups excluding carboxylic acids is 2. The normalized spacial score (nSPS) is 45.7. The van der Waals surface area contributed by atoms with E-state index in [9.17, 15) is 9.59 Å². The maximum atomic E-state index is 13.4. The van der Waals surface area contributed by atoms with Crippen LogP contribution in [0.2, 0.25) is 0 Å². The van der Waals surface area contributed by atoms with Gasteiger partial charge in [-0.3, -0.25) is 0 Å². The van der Waals surface area contributed by atoms with Crippen LogP contribution in [0.3, 0.4) is 0 Å². The van der Waals surface area contributed by atoms with Gasteiger partial charge in [0.25, 0.3) is 0 Å². The van der Waals surface area contributed by atoms with E-state index in [2.05, 4.69) is 27.0 Å². The van der Waals surface area contributed by atoms with E-state index in [0.717, 1.165) is 17.8 Å². The number of ether oxygens (including phenoxy) is 2. The topological polar surface area (TPSA) is 52.6 Å². The van der Waals surface area contributed by atoms with Crippen molar-refractivity contribution in [2.75, 3.05) is 6.61 Å². The smallest absolute Gasteiger partial charge is 0.334 e. The monoisotopic (exact) mass is 440 g/mol. The van der Waals surface area contributed by atoms with Gasteiger partial charge >= 0.3 is 11.9 Å². The zero-order valence-electron chi connectivity index (χ0n) is 20.2. The molecule has 0 aliphatic heterocycles. The molecule has 0 amide bonds. The molecule has 6 aliphatic rings. The van der Waals surface area contributed by atoms with Crippen molar-refractivity contribution in [3.63, 3.8) is 0 Å². The van der Waals surface area contributed by atoms with E-state index in [1.54, 1.807) is 6.92 Å². The molecule has 0 heterocycles. The highest BCUT2D eigenvalue weighted by molar-refractivity contribution is 5.89. The van der Waals surface area contributed by atoms with Crippen LogP contribution in [-0.4, -0.2) is 24.1 Å². The first-order valence-corrected chi connectivity index (χ1v) is 12.8. The second-order valence-electron chi connectivity index (χ2n) is 12.5. The Morgan fingerprint density at radius 1 is 0.938 bits per heavy atom. The Kier molecular flexibility index (Phi) is 5.37. The zero-order chi connectivity index (χ0) is 22.8. The van der Waals surface area contributed by atoms with Crippen molar-refractivity contribution in [3.8, 4) is 0 Å². The highest BCUT2D eigenvalue weighted by atomic mass is 16.6. The van der Waals surface area contributed by atoms with Crippen molar-refractivity contribution in [1.82, 2.24) is 0 Å². The lowest BCUT2D eigenvalue weighted by molar-refractivity contribution is -0.246. The average Bonchev–Trinajstić information content (AvgIpc) is 3.28. The van der Waals surface area contributed by atoms with Crippen molar-refractivity contribution in [2.45, 2.75) is 84.2 Å². The van der Waals surface area contributed by atoms with Crippen molar-refractivity contribution in [2.24, 2.45) is 46.8 Å². The number of carbonyl (C=O) groups is 2. The Labute approximate surface area is 193 Å². The maximum Gasteiger partial charge on any atom is 0.334 e. The van der Waals surface area contributed by atoms with Crippen LogP contribution in [-0.2, 0) is 19.1 Å². The molecule has 4 heteroatoms. The van der Waals surface area contributed by atoms with E-state index in [1.165, 1.54) is 51.4 Å². The molecule has 0 aromatic heterocycles.